The van der Waals surface area contributed by atoms with Gasteiger partial charge in [0.15, 0.2) is 0 Å². The monoisotopic (exact) mass is 391 g/mol. The second kappa shape index (κ2) is 7.71. The van der Waals surface area contributed by atoms with E-state index in [9.17, 15) is 9.59 Å². The summed E-state index contributed by atoms with van der Waals surface area (Å²) in [5.74, 6) is 1.47. The van der Waals surface area contributed by atoms with Crippen LogP contribution in [0.2, 0.25) is 0 Å². The van der Waals surface area contributed by atoms with Crippen molar-refractivity contribution in [1.82, 2.24) is 14.1 Å². The van der Waals surface area contributed by atoms with Crippen molar-refractivity contribution in [3.63, 3.8) is 0 Å². The first kappa shape index (κ1) is 18.6. The largest absolute Gasteiger partial charge is 0.497 e. The fraction of sp³-hybridized carbons (Fsp3) is 0.182. The summed E-state index contributed by atoms with van der Waals surface area (Å²) in [6.07, 6.45) is 1.67. The standard InChI is InChI=1S/C22H21N3O4/c1-28-17-7-3-15(4-8-17)13-24-19-11-12-23-20(19)21(26)25(22(24)27)14-16-5-9-18(29-2)10-6-16/h3-12,23H,13-14H2,1-2H3. The van der Waals surface area contributed by atoms with Crippen molar-refractivity contribution < 1.29 is 9.47 Å². The van der Waals surface area contributed by atoms with Crippen LogP contribution in [0.1, 0.15) is 11.1 Å². The van der Waals surface area contributed by atoms with Gasteiger partial charge in [-0.05, 0) is 41.5 Å². The maximum atomic E-state index is 13.2. The molecule has 29 heavy (non-hydrogen) atoms. The Labute approximate surface area is 166 Å². The Kier molecular flexibility index (Phi) is 4.95. The van der Waals surface area contributed by atoms with Crippen LogP contribution in [0, 0.1) is 0 Å². The molecule has 7 nitrogen and oxygen atoms in total. The Balaban J connectivity index is 1.78. The number of rotatable bonds is 6. The van der Waals surface area contributed by atoms with E-state index < -0.39 is 0 Å². The molecule has 0 aliphatic carbocycles. The molecule has 0 atom stereocenters. The Morgan fingerprint density at radius 1 is 0.759 bits per heavy atom. The fourth-order valence-electron chi connectivity index (χ4n) is 3.35. The molecule has 0 saturated carbocycles. The average Bonchev–Trinajstić information content (AvgIpc) is 3.25. The molecule has 1 N–H and O–H groups in total. The second-order valence-corrected chi connectivity index (χ2v) is 6.69. The van der Waals surface area contributed by atoms with E-state index in [1.165, 1.54) is 4.57 Å². The summed E-state index contributed by atoms with van der Waals surface area (Å²) in [6, 6.07) is 16.6. The average molecular weight is 391 g/mol. The third-order valence-corrected chi connectivity index (χ3v) is 4.94. The van der Waals surface area contributed by atoms with Crippen LogP contribution in [-0.4, -0.2) is 28.3 Å². The molecule has 4 aromatic rings. The van der Waals surface area contributed by atoms with Gasteiger partial charge in [-0.15, -0.1) is 0 Å². The zero-order valence-corrected chi connectivity index (χ0v) is 16.2. The third kappa shape index (κ3) is 3.54. The Hall–Kier alpha value is -3.74. The summed E-state index contributed by atoms with van der Waals surface area (Å²) in [5, 5.41) is 0. The van der Waals surface area contributed by atoms with Gasteiger partial charge >= 0.3 is 5.69 Å². The number of aromatic amines is 1. The van der Waals surface area contributed by atoms with Gasteiger partial charge in [-0.25, -0.2) is 4.79 Å². The quantitative estimate of drug-likeness (QED) is 0.548. The maximum Gasteiger partial charge on any atom is 0.332 e. The highest BCUT2D eigenvalue weighted by molar-refractivity contribution is 5.74. The zero-order chi connectivity index (χ0) is 20.4. The zero-order valence-electron chi connectivity index (χ0n) is 16.2. The Bertz CT molecular complexity index is 1250. The smallest absolute Gasteiger partial charge is 0.332 e. The molecule has 0 unspecified atom stereocenters. The van der Waals surface area contributed by atoms with E-state index in [1.54, 1.807) is 31.0 Å². The number of hydrogen-bond acceptors (Lipinski definition) is 4. The van der Waals surface area contributed by atoms with E-state index in [2.05, 4.69) is 4.98 Å². The number of nitrogens with one attached hydrogen (secondary N) is 1. The lowest BCUT2D eigenvalue weighted by Gasteiger charge is -2.13. The second-order valence-electron chi connectivity index (χ2n) is 6.69. The summed E-state index contributed by atoms with van der Waals surface area (Å²) in [7, 11) is 3.20. The minimum Gasteiger partial charge on any atom is -0.497 e. The summed E-state index contributed by atoms with van der Waals surface area (Å²) >= 11 is 0. The van der Waals surface area contributed by atoms with Crippen molar-refractivity contribution >= 4 is 11.0 Å². The van der Waals surface area contributed by atoms with Crippen molar-refractivity contribution in [2.75, 3.05) is 14.2 Å². The molecule has 0 saturated heterocycles. The number of aromatic nitrogens is 3. The molecule has 7 heteroatoms. The van der Waals surface area contributed by atoms with Gasteiger partial charge in [0.25, 0.3) is 5.56 Å². The molecule has 148 valence electrons. The Morgan fingerprint density at radius 3 is 1.79 bits per heavy atom. The highest BCUT2D eigenvalue weighted by atomic mass is 16.5. The van der Waals surface area contributed by atoms with Crippen LogP contribution in [0.3, 0.4) is 0 Å². The van der Waals surface area contributed by atoms with Crippen LogP contribution >= 0.6 is 0 Å². The molecule has 0 fully saturated rings. The molecule has 2 heterocycles. The van der Waals surface area contributed by atoms with Crippen LogP contribution in [0.25, 0.3) is 11.0 Å². The topological polar surface area (TPSA) is 78.2 Å². The first-order chi connectivity index (χ1) is 14.1. The van der Waals surface area contributed by atoms with Gasteiger partial charge in [-0.3, -0.25) is 13.9 Å². The van der Waals surface area contributed by atoms with Gasteiger partial charge in [0.05, 0.1) is 32.8 Å². The molecule has 0 bridgehead atoms. The molecule has 2 aromatic carbocycles. The summed E-state index contributed by atoms with van der Waals surface area (Å²) in [6.45, 7) is 0.527. The lowest BCUT2D eigenvalue weighted by atomic mass is 10.2. The lowest BCUT2D eigenvalue weighted by Crippen LogP contribution is -2.40. The third-order valence-electron chi connectivity index (χ3n) is 4.94. The molecular formula is C22H21N3O4. The summed E-state index contributed by atoms with van der Waals surface area (Å²) in [5.41, 5.74) is 2.08. The number of fused-ring (bicyclic) bond motifs is 1. The molecule has 0 spiro atoms. The van der Waals surface area contributed by atoms with Gasteiger partial charge in [-0.1, -0.05) is 24.3 Å². The number of methoxy groups -OCH3 is 2. The van der Waals surface area contributed by atoms with Crippen LogP contribution in [0.5, 0.6) is 11.5 Å². The first-order valence-corrected chi connectivity index (χ1v) is 9.17. The maximum absolute atomic E-state index is 13.2. The van der Waals surface area contributed by atoms with Crippen LogP contribution in [-0.2, 0) is 13.1 Å². The number of benzene rings is 2. The van der Waals surface area contributed by atoms with Crippen molar-refractivity contribution in [2.45, 2.75) is 13.1 Å². The molecular weight excluding hydrogens is 370 g/mol. The minimum absolute atomic E-state index is 0.180. The van der Waals surface area contributed by atoms with E-state index in [0.717, 1.165) is 22.6 Å². The lowest BCUT2D eigenvalue weighted by molar-refractivity contribution is 0.414. The molecule has 0 aliphatic heterocycles. The highest BCUT2D eigenvalue weighted by Gasteiger charge is 2.15. The number of nitrogens with zero attached hydrogens (tertiary/aromatic N) is 2. The summed E-state index contributed by atoms with van der Waals surface area (Å²) in [4.78, 5) is 29.1. The van der Waals surface area contributed by atoms with Crippen molar-refractivity contribution in [2.24, 2.45) is 0 Å². The number of ether oxygens (including phenoxy) is 2. The molecule has 0 aliphatic rings. The predicted molar refractivity (Wildman–Crippen MR) is 111 cm³/mol. The van der Waals surface area contributed by atoms with Crippen LogP contribution < -0.4 is 20.7 Å². The van der Waals surface area contributed by atoms with Gasteiger partial charge < -0.3 is 14.5 Å². The number of hydrogen-bond donors (Lipinski definition) is 1. The first-order valence-electron chi connectivity index (χ1n) is 9.17. The van der Waals surface area contributed by atoms with Gasteiger partial charge in [0.1, 0.15) is 17.0 Å². The van der Waals surface area contributed by atoms with Gasteiger partial charge in [0, 0.05) is 6.20 Å². The minimum atomic E-state index is -0.353. The van der Waals surface area contributed by atoms with E-state index in [-0.39, 0.29) is 17.8 Å². The predicted octanol–water partition coefficient (Wildman–Crippen LogP) is 2.61. The van der Waals surface area contributed by atoms with Gasteiger partial charge in [0.2, 0.25) is 0 Å². The van der Waals surface area contributed by atoms with E-state index in [4.69, 9.17) is 9.47 Å². The highest BCUT2D eigenvalue weighted by Crippen LogP contribution is 2.15. The molecule has 2 aromatic heterocycles. The number of H-pyrrole nitrogens is 1. The molecule has 4 rings (SSSR count). The van der Waals surface area contributed by atoms with Crippen LogP contribution in [0.4, 0.5) is 0 Å². The molecule has 0 amide bonds. The fourth-order valence-corrected chi connectivity index (χ4v) is 3.35. The van der Waals surface area contributed by atoms with E-state index in [0.29, 0.717) is 17.6 Å². The normalized spacial score (nSPS) is 11.0. The Morgan fingerprint density at radius 2 is 1.28 bits per heavy atom. The molecule has 0 radical (unpaired) electrons. The SMILES string of the molecule is COc1ccc(Cn2c(=O)c3[nH]ccc3n(Cc3ccc(OC)cc3)c2=O)cc1. The summed E-state index contributed by atoms with van der Waals surface area (Å²) < 4.78 is 13.2. The van der Waals surface area contributed by atoms with E-state index >= 15 is 0 Å². The van der Waals surface area contributed by atoms with Gasteiger partial charge in [-0.2, -0.15) is 0 Å². The van der Waals surface area contributed by atoms with Crippen molar-refractivity contribution in [1.29, 1.82) is 0 Å². The van der Waals surface area contributed by atoms with Crippen molar-refractivity contribution in [3.05, 3.63) is 92.8 Å². The van der Waals surface area contributed by atoms with E-state index in [1.807, 2.05) is 48.5 Å². The van der Waals surface area contributed by atoms with Crippen molar-refractivity contribution in [3.8, 4) is 11.5 Å². The van der Waals surface area contributed by atoms with Crippen LogP contribution in [0.15, 0.2) is 70.4 Å².